The molecule has 1 rings (SSSR count). The molecule has 0 radical (unpaired) electrons. The molecule has 0 saturated carbocycles. The maximum absolute atomic E-state index is 12.9. The first kappa shape index (κ1) is 33.8. The van der Waals surface area contributed by atoms with Crippen molar-refractivity contribution in [2.45, 2.75) is 102 Å². The minimum absolute atomic E-state index is 0.108. The van der Waals surface area contributed by atoms with Crippen LogP contribution in [0.4, 0.5) is 0 Å². The number of aliphatic hydroxyl groups excluding tert-OH is 2. The van der Waals surface area contributed by atoms with Gasteiger partial charge in [0.2, 0.25) is 23.6 Å². The van der Waals surface area contributed by atoms with Gasteiger partial charge >= 0.3 is 0 Å². The molecule has 5 atom stereocenters. The summed E-state index contributed by atoms with van der Waals surface area (Å²) in [4.78, 5) is 49.8. The Bertz CT molecular complexity index is 896. The first-order chi connectivity index (χ1) is 18.6. The molecule has 6 N–H and O–H groups in total. The highest BCUT2D eigenvalue weighted by Crippen LogP contribution is 2.07. The molecule has 1 aliphatic rings. The summed E-state index contributed by atoms with van der Waals surface area (Å²) in [7, 11) is 0. The maximum Gasteiger partial charge on any atom is 0.245 e. The Kier molecular flexibility index (Phi) is 17.1. The summed E-state index contributed by atoms with van der Waals surface area (Å²) in [5.74, 6) is -2.23. The fourth-order valence-corrected chi connectivity index (χ4v) is 3.77. The van der Waals surface area contributed by atoms with Crippen LogP contribution < -0.4 is 21.3 Å². The standard InChI is InChI=1S/C29H46N4O6/c1-4-5-6-7-8-9-10-11-12-13-14-15-26(37)33-27(22(3)34)29(39)32-24-20-23(35)18-19-30-25(36)17-16-21(2)31-28(24)38/h8-9,12-17,21-24,27,34-35H,4-7,10-11,18-20H2,1-3H3,(H,30,36)(H,31,38)(H,32,39)(H,33,37). The van der Waals surface area contributed by atoms with Crippen molar-refractivity contribution < 1.29 is 29.4 Å². The summed E-state index contributed by atoms with van der Waals surface area (Å²) < 4.78 is 0. The van der Waals surface area contributed by atoms with Crippen molar-refractivity contribution in [3.63, 3.8) is 0 Å². The molecule has 10 nitrogen and oxygen atoms in total. The van der Waals surface area contributed by atoms with Crippen LogP contribution >= 0.6 is 0 Å². The van der Waals surface area contributed by atoms with Gasteiger partial charge in [-0.15, -0.1) is 0 Å². The molecule has 0 aromatic rings. The predicted octanol–water partition coefficient (Wildman–Crippen LogP) is 1.70. The van der Waals surface area contributed by atoms with E-state index in [1.807, 2.05) is 6.08 Å². The van der Waals surface area contributed by atoms with Crippen LogP contribution in [0.15, 0.2) is 48.6 Å². The van der Waals surface area contributed by atoms with Gasteiger partial charge in [-0.3, -0.25) is 19.2 Å². The van der Waals surface area contributed by atoms with E-state index in [1.54, 1.807) is 19.1 Å². The molecule has 1 heterocycles. The van der Waals surface area contributed by atoms with Gasteiger partial charge in [-0.05, 0) is 46.0 Å². The molecule has 0 bridgehead atoms. The molecular weight excluding hydrogens is 500 g/mol. The zero-order valence-electron chi connectivity index (χ0n) is 23.4. The Morgan fingerprint density at radius 1 is 1.13 bits per heavy atom. The van der Waals surface area contributed by atoms with Crippen molar-refractivity contribution in [2.24, 2.45) is 0 Å². The number of hydrogen-bond donors (Lipinski definition) is 6. The average molecular weight is 547 g/mol. The number of carbonyl (C=O) groups excluding carboxylic acids is 4. The third-order valence-corrected chi connectivity index (χ3v) is 6.02. The van der Waals surface area contributed by atoms with E-state index >= 15 is 0 Å². The zero-order chi connectivity index (χ0) is 29.0. The van der Waals surface area contributed by atoms with Crippen molar-refractivity contribution in [1.29, 1.82) is 0 Å². The van der Waals surface area contributed by atoms with E-state index < -0.39 is 48.1 Å². The molecule has 39 heavy (non-hydrogen) atoms. The highest BCUT2D eigenvalue weighted by molar-refractivity contribution is 5.95. The number of allylic oxidation sites excluding steroid dienone is 5. The van der Waals surface area contributed by atoms with Crippen LogP contribution in [0.5, 0.6) is 0 Å². The Hall–Kier alpha value is -3.24. The second-order valence-corrected chi connectivity index (χ2v) is 9.75. The monoisotopic (exact) mass is 546 g/mol. The molecule has 0 spiro atoms. The Labute approximate surface area is 232 Å². The lowest BCUT2D eigenvalue weighted by Crippen LogP contribution is -2.58. The fraction of sp³-hybridized carbons (Fsp3) is 0.586. The second-order valence-electron chi connectivity index (χ2n) is 9.75. The first-order valence-corrected chi connectivity index (χ1v) is 13.9. The molecule has 0 aliphatic carbocycles. The minimum Gasteiger partial charge on any atom is -0.393 e. The summed E-state index contributed by atoms with van der Waals surface area (Å²) in [5, 5.41) is 30.8. The largest absolute Gasteiger partial charge is 0.393 e. The molecule has 0 saturated heterocycles. The van der Waals surface area contributed by atoms with Crippen LogP contribution in [0.1, 0.15) is 72.1 Å². The SMILES string of the molecule is CCCCCC=CCCC=CC=CC(=O)NC(C(=O)NC1CC(O)CCNC(=O)C=CC(C)NC1=O)C(C)O. The van der Waals surface area contributed by atoms with Crippen molar-refractivity contribution in [3.8, 4) is 0 Å². The Morgan fingerprint density at radius 2 is 1.85 bits per heavy atom. The van der Waals surface area contributed by atoms with Gasteiger partial charge in [-0.1, -0.05) is 56.2 Å². The zero-order valence-corrected chi connectivity index (χ0v) is 23.4. The third-order valence-electron chi connectivity index (χ3n) is 6.02. The van der Waals surface area contributed by atoms with Crippen LogP contribution in [-0.2, 0) is 19.2 Å². The number of rotatable bonds is 13. The minimum atomic E-state index is -1.31. The van der Waals surface area contributed by atoms with Gasteiger partial charge in [-0.2, -0.15) is 0 Å². The van der Waals surface area contributed by atoms with Crippen molar-refractivity contribution in [3.05, 3.63) is 48.6 Å². The summed E-state index contributed by atoms with van der Waals surface area (Å²) in [6.07, 6.45) is 18.0. The molecule has 0 aromatic carbocycles. The third kappa shape index (κ3) is 15.7. The number of nitrogens with one attached hydrogen (secondary N) is 4. The molecule has 1 aliphatic heterocycles. The van der Waals surface area contributed by atoms with Crippen molar-refractivity contribution in [2.75, 3.05) is 6.54 Å². The summed E-state index contributed by atoms with van der Waals surface area (Å²) >= 11 is 0. The number of aliphatic hydroxyl groups is 2. The molecule has 4 amide bonds. The topological polar surface area (TPSA) is 157 Å². The maximum atomic E-state index is 12.9. The second kappa shape index (κ2) is 19.8. The van der Waals surface area contributed by atoms with E-state index in [4.69, 9.17) is 0 Å². The van der Waals surface area contributed by atoms with Gasteiger partial charge in [-0.25, -0.2) is 0 Å². The van der Waals surface area contributed by atoms with E-state index in [0.717, 1.165) is 19.3 Å². The van der Waals surface area contributed by atoms with Gasteiger partial charge in [0, 0.05) is 31.2 Å². The number of hydrogen-bond acceptors (Lipinski definition) is 6. The molecule has 10 heteroatoms. The summed E-state index contributed by atoms with van der Waals surface area (Å²) in [5.41, 5.74) is 0. The van der Waals surface area contributed by atoms with E-state index in [9.17, 15) is 29.4 Å². The van der Waals surface area contributed by atoms with Gasteiger partial charge in [0.05, 0.1) is 12.2 Å². The van der Waals surface area contributed by atoms with E-state index in [2.05, 4.69) is 40.3 Å². The highest BCUT2D eigenvalue weighted by atomic mass is 16.3. The van der Waals surface area contributed by atoms with Crippen LogP contribution in [0, 0.1) is 0 Å². The summed E-state index contributed by atoms with van der Waals surface area (Å²) in [6, 6.07) is -2.94. The lowest BCUT2D eigenvalue weighted by molar-refractivity contribution is -0.134. The highest BCUT2D eigenvalue weighted by Gasteiger charge is 2.31. The van der Waals surface area contributed by atoms with Crippen LogP contribution in [0.3, 0.4) is 0 Å². The van der Waals surface area contributed by atoms with Gasteiger partial charge in [0.15, 0.2) is 0 Å². The Morgan fingerprint density at radius 3 is 2.56 bits per heavy atom. The van der Waals surface area contributed by atoms with Crippen LogP contribution in [-0.4, -0.2) is 70.7 Å². The van der Waals surface area contributed by atoms with E-state index in [0.29, 0.717) is 0 Å². The molecule has 0 fully saturated rings. The van der Waals surface area contributed by atoms with Crippen molar-refractivity contribution >= 4 is 23.6 Å². The predicted molar refractivity (Wildman–Crippen MR) is 151 cm³/mol. The normalized spacial score (nSPS) is 22.6. The first-order valence-electron chi connectivity index (χ1n) is 13.9. The van der Waals surface area contributed by atoms with Gasteiger partial charge < -0.3 is 31.5 Å². The van der Waals surface area contributed by atoms with Gasteiger partial charge in [0.1, 0.15) is 12.1 Å². The number of carbonyl (C=O) groups is 4. The molecular formula is C29H46N4O6. The van der Waals surface area contributed by atoms with E-state index in [-0.39, 0.29) is 25.3 Å². The molecule has 5 unspecified atom stereocenters. The fourth-order valence-electron chi connectivity index (χ4n) is 3.77. The molecule has 0 aromatic heterocycles. The number of unbranched alkanes of at least 4 members (excludes halogenated alkanes) is 4. The van der Waals surface area contributed by atoms with Crippen LogP contribution in [0.25, 0.3) is 0 Å². The van der Waals surface area contributed by atoms with Crippen LogP contribution in [0.2, 0.25) is 0 Å². The number of amides is 4. The lowest BCUT2D eigenvalue weighted by Gasteiger charge is -2.26. The molecule has 218 valence electrons. The Balaban J connectivity index is 2.68. The van der Waals surface area contributed by atoms with Crippen molar-refractivity contribution in [1.82, 2.24) is 21.3 Å². The smallest absolute Gasteiger partial charge is 0.245 e. The average Bonchev–Trinajstić information content (AvgIpc) is 2.88. The van der Waals surface area contributed by atoms with E-state index in [1.165, 1.54) is 44.4 Å². The summed E-state index contributed by atoms with van der Waals surface area (Å²) in [6.45, 7) is 5.40. The lowest BCUT2D eigenvalue weighted by atomic mass is 10.0. The van der Waals surface area contributed by atoms with Gasteiger partial charge in [0.25, 0.3) is 0 Å². The quantitative estimate of drug-likeness (QED) is 0.0893.